The van der Waals surface area contributed by atoms with E-state index in [9.17, 15) is 0 Å². The summed E-state index contributed by atoms with van der Waals surface area (Å²) in [6.45, 7) is 9.12. The number of aromatic nitrogens is 1. The SMILES string of the molecule is Cc1cnc(C(C)N2CCCC(N3CCCC3)C2)o1. The quantitative estimate of drug-likeness (QED) is 0.839. The number of likely N-dealkylation sites (tertiary alicyclic amines) is 2. The Kier molecular flexibility index (Phi) is 3.89. The van der Waals surface area contributed by atoms with Crippen LogP contribution in [0.4, 0.5) is 0 Å². The summed E-state index contributed by atoms with van der Waals surface area (Å²) in [4.78, 5) is 9.61. The van der Waals surface area contributed by atoms with Crippen molar-refractivity contribution >= 4 is 0 Å². The van der Waals surface area contributed by atoms with Crippen molar-refractivity contribution in [2.45, 2.75) is 51.6 Å². The van der Waals surface area contributed by atoms with Gasteiger partial charge in [-0.2, -0.15) is 0 Å². The van der Waals surface area contributed by atoms with Crippen molar-refractivity contribution in [2.24, 2.45) is 0 Å². The van der Waals surface area contributed by atoms with Crippen molar-refractivity contribution in [1.29, 1.82) is 0 Å². The Bertz CT molecular complexity index is 411. The van der Waals surface area contributed by atoms with Gasteiger partial charge in [0.05, 0.1) is 12.2 Å². The Balaban J connectivity index is 1.64. The van der Waals surface area contributed by atoms with E-state index in [0.29, 0.717) is 6.04 Å². The zero-order valence-corrected chi connectivity index (χ0v) is 12.1. The molecule has 4 nitrogen and oxygen atoms in total. The van der Waals surface area contributed by atoms with Crippen LogP contribution in [0, 0.1) is 6.92 Å². The summed E-state index contributed by atoms with van der Waals surface area (Å²) in [5.74, 6) is 1.79. The van der Waals surface area contributed by atoms with Crippen LogP contribution in [0.3, 0.4) is 0 Å². The van der Waals surface area contributed by atoms with Crippen LogP contribution in [0.1, 0.15) is 50.3 Å². The molecule has 1 aromatic rings. The number of hydrogen-bond donors (Lipinski definition) is 0. The fraction of sp³-hybridized carbons (Fsp3) is 0.800. The lowest BCUT2D eigenvalue weighted by molar-refractivity contribution is 0.0790. The normalized spacial score (nSPS) is 27.8. The molecule has 1 aromatic heterocycles. The van der Waals surface area contributed by atoms with Crippen LogP contribution in [0.5, 0.6) is 0 Å². The molecule has 2 aliphatic heterocycles. The smallest absolute Gasteiger partial charge is 0.211 e. The highest BCUT2D eigenvalue weighted by molar-refractivity contribution is 4.97. The first-order chi connectivity index (χ1) is 9.24. The fourth-order valence-corrected chi connectivity index (χ4v) is 3.46. The van der Waals surface area contributed by atoms with Crippen LogP contribution in [-0.2, 0) is 0 Å². The van der Waals surface area contributed by atoms with E-state index >= 15 is 0 Å². The minimum atomic E-state index is 0.305. The van der Waals surface area contributed by atoms with E-state index in [1.165, 1.54) is 51.9 Å². The third kappa shape index (κ3) is 2.84. The second kappa shape index (κ2) is 5.63. The molecule has 4 heteroatoms. The highest BCUT2D eigenvalue weighted by atomic mass is 16.4. The molecule has 2 aliphatic rings. The van der Waals surface area contributed by atoms with E-state index in [1.807, 2.05) is 13.1 Å². The average molecular weight is 263 g/mol. The monoisotopic (exact) mass is 263 g/mol. The molecule has 2 saturated heterocycles. The minimum Gasteiger partial charge on any atom is -0.444 e. The van der Waals surface area contributed by atoms with Crippen LogP contribution in [0.2, 0.25) is 0 Å². The van der Waals surface area contributed by atoms with E-state index in [-0.39, 0.29) is 0 Å². The van der Waals surface area contributed by atoms with Crippen molar-refractivity contribution in [1.82, 2.24) is 14.8 Å². The highest BCUT2D eigenvalue weighted by Crippen LogP contribution is 2.27. The molecule has 0 aliphatic carbocycles. The number of nitrogens with zero attached hydrogens (tertiary/aromatic N) is 3. The summed E-state index contributed by atoms with van der Waals surface area (Å²) in [6.07, 6.45) is 7.24. The summed E-state index contributed by atoms with van der Waals surface area (Å²) in [5, 5.41) is 0. The van der Waals surface area contributed by atoms with Crippen LogP contribution >= 0.6 is 0 Å². The number of oxazole rings is 1. The van der Waals surface area contributed by atoms with Crippen LogP contribution in [-0.4, -0.2) is 47.0 Å². The van der Waals surface area contributed by atoms with Gasteiger partial charge in [0.25, 0.3) is 0 Å². The van der Waals surface area contributed by atoms with Crippen LogP contribution in [0.15, 0.2) is 10.6 Å². The van der Waals surface area contributed by atoms with Gasteiger partial charge in [-0.15, -0.1) is 0 Å². The maximum Gasteiger partial charge on any atom is 0.211 e. The van der Waals surface area contributed by atoms with Crippen molar-refractivity contribution < 1.29 is 4.42 Å². The molecule has 0 radical (unpaired) electrons. The third-order valence-corrected chi connectivity index (χ3v) is 4.63. The lowest BCUT2D eigenvalue weighted by atomic mass is 10.0. The Labute approximate surface area is 115 Å². The summed E-state index contributed by atoms with van der Waals surface area (Å²) in [5.41, 5.74) is 0. The van der Waals surface area contributed by atoms with Gasteiger partial charge in [-0.05, 0) is 59.2 Å². The van der Waals surface area contributed by atoms with E-state index in [1.54, 1.807) is 0 Å². The maximum absolute atomic E-state index is 5.69. The standard InChI is InChI=1S/C15H25N3O/c1-12-10-16-15(19-12)13(2)18-9-5-6-14(11-18)17-7-3-4-8-17/h10,13-14H,3-9,11H2,1-2H3. The highest BCUT2D eigenvalue weighted by Gasteiger charge is 2.30. The van der Waals surface area contributed by atoms with Gasteiger partial charge < -0.3 is 4.42 Å². The number of rotatable bonds is 3. The predicted octanol–water partition coefficient (Wildman–Crippen LogP) is 2.60. The van der Waals surface area contributed by atoms with Gasteiger partial charge in [-0.1, -0.05) is 0 Å². The van der Waals surface area contributed by atoms with Crippen molar-refractivity contribution in [3.8, 4) is 0 Å². The number of hydrogen-bond acceptors (Lipinski definition) is 4. The molecule has 0 aromatic carbocycles. The zero-order valence-electron chi connectivity index (χ0n) is 12.1. The van der Waals surface area contributed by atoms with Crippen molar-refractivity contribution in [3.05, 3.63) is 17.8 Å². The van der Waals surface area contributed by atoms with Crippen molar-refractivity contribution in [3.63, 3.8) is 0 Å². The second-order valence-corrected chi connectivity index (χ2v) is 6.02. The van der Waals surface area contributed by atoms with Crippen LogP contribution in [0.25, 0.3) is 0 Å². The largest absolute Gasteiger partial charge is 0.444 e. The lowest BCUT2D eigenvalue weighted by Gasteiger charge is -2.39. The van der Waals surface area contributed by atoms with Crippen LogP contribution < -0.4 is 0 Å². The fourth-order valence-electron chi connectivity index (χ4n) is 3.46. The number of piperidine rings is 1. The van der Waals surface area contributed by atoms with Gasteiger partial charge in [-0.3, -0.25) is 9.80 Å². The van der Waals surface area contributed by atoms with Gasteiger partial charge >= 0.3 is 0 Å². The van der Waals surface area contributed by atoms with E-state index in [4.69, 9.17) is 4.42 Å². The molecular weight excluding hydrogens is 238 g/mol. The van der Waals surface area contributed by atoms with Gasteiger partial charge in [0.1, 0.15) is 5.76 Å². The first-order valence-electron chi connectivity index (χ1n) is 7.64. The van der Waals surface area contributed by atoms with Gasteiger partial charge in [-0.25, -0.2) is 4.98 Å². The molecule has 3 rings (SSSR count). The van der Waals surface area contributed by atoms with E-state index in [0.717, 1.165) is 17.7 Å². The molecular formula is C15H25N3O. The van der Waals surface area contributed by atoms with Gasteiger partial charge in [0.15, 0.2) is 0 Å². The van der Waals surface area contributed by atoms with Gasteiger partial charge in [0, 0.05) is 12.6 Å². The Morgan fingerprint density at radius 2 is 2.05 bits per heavy atom. The first-order valence-corrected chi connectivity index (χ1v) is 7.64. The summed E-state index contributed by atoms with van der Waals surface area (Å²) in [6, 6.07) is 1.05. The second-order valence-electron chi connectivity index (χ2n) is 6.02. The Hall–Kier alpha value is -0.870. The predicted molar refractivity (Wildman–Crippen MR) is 75.1 cm³/mol. The molecule has 0 amide bonds. The Morgan fingerprint density at radius 3 is 2.74 bits per heavy atom. The topological polar surface area (TPSA) is 32.5 Å². The average Bonchev–Trinajstić information content (AvgIpc) is 3.09. The number of aryl methyl sites for hydroxylation is 1. The molecule has 19 heavy (non-hydrogen) atoms. The molecule has 0 N–H and O–H groups in total. The third-order valence-electron chi connectivity index (χ3n) is 4.63. The minimum absolute atomic E-state index is 0.305. The first kappa shape index (κ1) is 13.1. The molecule has 0 bridgehead atoms. The Morgan fingerprint density at radius 1 is 1.26 bits per heavy atom. The lowest BCUT2D eigenvalue weighted by Crippen LogP contribution is -2.47. The molecule has 3 heterocycles. The zero-order chi connectivity index (χ0) is 13.2. The summed E-state index contributed by atoms with van der Waals surface area (Å²) < 4.78 is 5.69. The molecule has 2 atom stereocenters. The summed E-state index contributed by atoms with van der Waals surface area (Å²) in [7, 11) is 0. The van der Waals surface area contributed by atoms with E-state index < -0.39 is 0 Å². The molecule has 0 saturated carbocycles. The molecule has 106 valence electrons. The molecule has 0 spiro atoms. The van der Waals surface area contributed by atoms with E-state index in [2.05, 4.69) is 21.7 Å². The summed E-state index contributed by atoms with van der Waals surface area (Å²) >= 11 is 0. The van der Waals surface area contributed by atoms with Gasteiger partial charge in [0.2, 0.25) is 5.89 Å². The maximum atomic E-state index is 5.69. The molecule has 2 fully saturated rings. The van der Waals surface area contributed by atoms with Crippen molar-refractivity contribution in [2.75, 3.05) is 26.2 Å². The molecule has 2 unspecified atom stereocenters.